The first-order valence-electron chi connectivity index (χ1n) is 9.62. The standard InChI is InChI=1S/C23H26N2O3S/c1-4-22(19-11-9-17(2)10-12-19)24-23(26)16-25(3)29(27,28)21-14-13-18-7-5-6-8-20(18)15-21/h5-15,22H,4,16H2,1-3H3,(H,24,26). The number of hydrogen-bond donors (Lipinski definition) is 1. The number of carbonyl (C=O) groups is 1. The number of amides is 1. The van der Waals surface area contributed by atoms with Crippen LogP contribution >= 0.6 is 0 Å². The van der Waals surface area contributed by atoms with E-state index in [0.717, 1.165) is 32.6 Å². The Morgan fingerprint density at radius 1 is 1.00 bits per heavy atom. The average molecular weight is 411 g/mol. The molecule has 5 nitrogen and oxygen atoms in total. The molecule has 3 aromatic rings. The molecule has 0 bridgehead atoms. The maximum Gasteiger partial charge on any atom is 0.243 e. The third kappa shape index (κ3) is 4.83. The van der Waals surface area contributed by atoms with E-state index in [0.29, 0.717) is 0 Å². The number of carbonyl (C=O) groups excluding carboxylic acids is 1. The first-order valence-corrected chi connectivity index (χ1v) is 11.1. The summed E-state index contributed by atoms with van der Waals surface area (Å²) in [5, 5.41) is 4.75. The Morgan fingerprint density at radius 3 is 2.31 bits per heavy atom. The number of aryl methyl sites for hydroxylation is 1. The van der Waals surface area contributed by atoms with Crippen molar-refractivity contribution in [3.63, 3.8) is 0 Å². The molecule has 29 heavy (non-hydrogen) atoms. The van der Waals surface area contributed by atoms with Crippen LogP contribution in [0.4, 0.5) is 0 Å². The lowest BCUT2D eigenvalue weighted by molar-refractivity contribution is -0.121. The number of hydrogen-bond acceptors (Lipinski definition) is 3. The van der Waals surface area contributed by atoms with Crippen LogP contribution in [-0.4, -0.2) is 32.2 Å². The van der Waals surface area contributed by atoms with Crippen molar-refractivity contribution in [3.05, 3.63) is 77.9 Å². The number of nitrogens with one attached hydrogen (secondary N) is 1. The van der Waals surface area contributed by atoms with E-state index >= 15 is 0 Å². The Hall–Kier alpha value is -2.70. The molecule has 0 spiro atoms. The molecular weight excluding hydrogens is 384 g/mol. The first-order chi connectivity index (χ1) is 13.8. The number of sulfonamides is 1. The monoisotopic (exact) mass is 410 g/mol. The number of rotatable bonds is 7. The predicted octanol–water partition coefficient (Wildman–Crippen LogP) is 4.04. The lowest BCUT2D eigenvalue weighted by Gasteiger charge is -2.21. The zero-order chi connectivity index (χ0) is 21.0. The fourth-order valence-electron chi connectivity index (χ4n) is 3.25. The highest BCUT2D eigenvalue weighted by molar-refractivity contribution is 7.89. The van der Waals surface area contributed by atoms with Gasteiger partial charge < -0.3 is 5.32 Å². The van der Waals surface area contributed by atoms with Crippen molar-refractivity contribution in [2.45, 2.75) is 31.2 Å². The molecular formula is C23H26N2O3S. The van der Waals surface area contributed by atoms with Gasteiger partial charge in [0, 0.05) is 7.05 Å². The summed E-state index contributed by atoms with van der Waals surface area (Å²) in [5.41, 5.74) is 2.16. The smallest absolute Gasteiger partial charge is 0.243 e. The van der Waals surface area contributed by atoms with Crippen LogP contribution in [0.2, 0.25) is 0 Å². The summed E-state index contributed by atoms with van der Waals surface area (Å²) < 4.78 is 26.9. The van der Waals surface area contributed by atoms with E-state index in [9.17, 15) is 13.2 Å². The molecule has 3 aromatic carbocycles. The van der Waals surface area contributed by atoms with Gasteiger partial charge in [-0.1, -0.05) is 67.1 Å². The Balaban J connectivity index is 1.72. The van der Waals surface area contributed by atoms with Crippen LogP contribution in [0.25, 0.3) is 10.8 Å². The van der Waals surface area contributed by atoms with Gasteiger partial charge in [-0.15, -0.1) is 0 Å². The fourth-order valence-corrected chi connectivity index (χ4v) is 4.42. The van der Waals surface area contributed by atoms with Gasteiger partial charge in [-0.25, -0.2) is 8.42 Å². The Labute approximate surface area is 172 Å². The molecule has 1 unspecified atom stereocenters. The molecule has 0 aliphatic rings. The summed E-state index contributed by atoms with van der Waals surface area (Å²) in [6, 6.07) is 20.4. The van der Waals surface area contributed by atoms with Gasteiger partial charge in [0.15, 0.2) is 0 Å². The summed E-state index contributed by atoms with van der Waals surface area (Å²) >= 11 is 0. The molecule has 0 aliphatic carbocycles. The van der Waals surface area contributed by atoms with Crippen LogP contribution in [0.1, 0.15) is 30.5 Å². The molecule has 0 saturated heterocycles. The van der Waals surface area contributed by atoms with Crippen LogP contribution in [0.5, 0.6) is 0 Å². The van der Waals surface area contributed by atoms with Crippen molar-refractivity contribution in [1.82, 2.24) is 9.62 Å². The molecule has 1 atom stereocenters. The molecule has 3 rings (SSSR count). The number of benzene rings is 3. The van der Waals surface area contributed by atoms with Crippen LogP contribution in [0.15, 0.2) is 71.6 Å². The molecule has 152 valence electrons. The van der Waals surface area contributed by atoms with E-state index in [1.165, 1.54) is 7.05 Å². The number of nitrogens with zero attached hydrogens (tertiary/aromatic N) is 1. The zero-order valence-electron chi connectivity index (χ0n) is 16.9. The van der Waals surface area contributed by atoms with Gasteiger partial charge in [-0.05, 0) is 41.8 Å². The molecule has 0 radical (unpaired) electrons. The summed E-state index contributed by atoms with van der Waals surface area (Å²) in [5.74, 6) is -0.329. The Bertz CT molecular complexity index is 1110. The van der Waals surface area contributed by atoms with Crippen molar-refractivity contribution in [2.75, 3.05) is 13.6 Å². The average Bonchev–Trinajstić information content (AvgIpc) is 2.72. The molecule has 0 aliphatic heterocycles. The molecule has 6 heteroatoms. The molecule has 0 heterocycles. The van der Waals surface area contributed by atoms with E-state index in [4.69, 9.17) is 0 Å². The maximum absolute atomic E-state index is 12.9. The van der Waals surface area contributed by atoms with Crippen molar-refractivity contribution in [1.29, 1.82) is 0 Å². The number of likely N-dealkylation sites (N-methyl/N-ethyl adjacent to an activating group) is 1. The summed E-state index contributed by atoms with van der Waals surface area (Å²) in [4.78, 5) is 12.7. The van der Waals surface area contributed by atoms with Gasteiger partial charge in [-0.3, -0.25) is 4.79 Å². The topological polar surface area (TPSA) is 66.5 Å². The van der Waals surface area contributed by atoms with Crippen molar-refractivity contribution in [3.8, 4) is 0 Å². The second kappa shape index (κ2) is 8.76. The predicted molar refractivity (Wildman–Crippen MR) is 116 cm³/mol. The van der Waals surface area contributed by atoms with Crippen molar-refractivity contribution < 1.29 is 13.2 Å². The summed E-state index contributed by atoms with van der Waals surface area (Å²) in [6.45, 7) is 3.76. The molecule has 0 aromatic heterocycles. The minimum absolute atomic E-state index is 0.153. The molecule has 0 fully saturated rings. The van der Waals surface area contributed by atoms with Gasteiger partial charge in [0.2, 0.25) is 15.9 Å². The van der Waals surface area contributed by atoms with Crippen molar-refractivity contribution >= 4 is 26.7 Å². The molecule has 1 N–H and O–H groups in total. The van der Waals surface area contributed by atoms with Crippen LogP contribution < -0.4 is 5.32 Å². The van der Waals surface area contributed by atoms with Crippen molar-refractivity contribution in [2.24, 2.45) is 0 Å². The second-order valence-corrected chi connectivity index (χ2v) is 9.25. The SMILES string of the molecule is CCC(NC(=O)CN(C)S(=O)(=O)c1ccc2ccccc2c1)c1ccc(C)cc1. The second-order valence-electron chi connectivity index (χ2n) is 7.21. The molecule has 0 saturated carbocycles. The fraction of sp³-hybridized carbons (Fsp3) is 0.261. The van der Waals surface area contributed by atoms with Gasteiger partial charge in [0.05, 0.1) is 17.5 Å². The van der Waals surface area contributed by atoms with Gasteiger partial charge in [0.1, 0.15) is 0 Å². The highest BCUT2D eigenvalue weighted by atomic mass is 32.2. The Kier molecular flexibility index (Phi) is 6.35. The minimum atomic E-state index is -3.77. The highest BCUT2D eigenvalue weighted by Crippen LogP contribution is 2.22. The van der Waals surface area contributed by atoms with E-state index in [1.807, 2.05) is 62.4 Å². The summed E-state index contributed by atoms with van der Waals surface area (Å²) in [7, 11) is -2.34. The lowest BCUT2D eigenvalue weighted by Crippen LogP contribution is -2.39. The first kappa shape index (κ1) is 21.0. The summed E-state index contributed by atoms with van der Waals surface area (Å²) in [6.07, 6.45) is 0.718. The van der Waals surface area contributed by atoms with Crippen LogP contribution in [0, 0.1) is 6.92 Å². The normalized spacial score (nSPS) is 12.8. The van der Waals surface area contributed by atoms with Crippen LogP contribution in [0.3, 0.4) is 0 Å². The minimum Gasteiger partial charge on any atom is -0.348 e. The van der Waals surface area contributed by atoms with Gasteiger partial charge >= 0.3 is 0 Å². The largest absolute Gasteiger partial charge is 0.348 e. The quantitative estimate of drug-likeness (QED) is 0.639. The maximum atomic E-state index is 12.9. The third-order valence-corrected chi connectivity index (χ3v) is 6.82. The number of fused-ring (bicyclic) bond motifs is 1. The van der Waals surface area contributed by atoms with E-state index in [-0.39, 0.29) is 23.4 Å². The van der Waals surface area contributed by atoms with E-state index in [1.54, 1.807) is 18.2 Å². The zero-order valence-corrected chi connectivity index (χ0v) is 17.7. The molecule has 1 amide bonds. The Morgan fingerprint density at radius 2 is 1.66 bits per heavy atom. The van der Waals surface area contributed by atoms with Crippen LogP contribution in [-0.2, 0) is 14.8 Å². The van der Waals surface area contributed by atoms with E-state index < -0.39 is 10.0 Å². The van der Waals surface area contributed by atoms with E-state index in [2.05, 4.69) is 5.32 Å². The third-order valence-electron chi connectivity index (χ3n) is 5.02. The highest BCUT2D eigenvalue weighted by Gasteiger charge is 2.24. The van der Waals surface area contributed by atoms with Gasteiger partial charge in [-0.2, -0.15) is 4.31 Å². The lowest BCUT2D eigenvalue weighted by atomic mass is 10.0. The van der Waals surface area contributed by atoms with Gasteiger partial charge in [0.25, 0.3) is 0 Å².